The van der Waals surface area contributed by atoms with Crippen molar-refractivity contribution < 1.29 is 79.0 Å². The first-order valence-electron chi connectivity index (χ1n) is 10.9. The van der Waals surface area contributed by atoms with E-state index in [0.29, 0.717) is 0 Å². The summed E-state index contributed by atoms with van der Waals surface area (Å²) in [5.41, 5.74) is -20.8. The average Bonchev–Trinajstić information content (AvgIpc) is 3.28. The molecule has 0 N–H and O–H groups in total. The quantitative estimate of drug-likeness (QED) is 0.148. The van der Waals surface area contributed by atoms with Crippen molar-refractivity contribution in [3.05, 3.63) is 115 Å². The topological polar surface area (TPSA) is 0 Å². The van der Waals surface area contributed by atoms with Gasteiger partial charge in [0.15, 0.2) is 99.6 Å². The highest BCUT2D eigenvalue weighted by atomic mass is 19.2. The second-order valence-corrected chi connectivity index (χ2v) is 8.92. The number of halogens is 18. The summed E-state index contributed by atoms with van der Waals surface area (Å²) in [6, 6.07) is 0. The second-order valence-electron chi connectivity index (χ2n) is 8.92. The highest BCUT2D eigenvalue weighted by Gasteiger charge is 2.63. The predicted molar refractivity (Wildman–Crippen MR) is 105 cm³/mol. The van der Waals surface area contributed by atoms with Crippen molar-refractivity contribution in [2.24, 2.45) is 0 Å². The number of alkyl halides is 2. The van der Waals surface area contributed by atoms with Crippen molar-refractivity contribution in [3.8, 4) is 11.1 Å². The minimum absolute atomic E-state index is 2.19. The lowest BCUT2D eigenvalue weighted by Crippen LogP contribution is -2.46. The molecule has 0 nitrogen and oxygen atoms in total. The van der Waals surface area contributed by atoms with Gasteiger partial charge >= 0.3 is 0 Å². The Labute approximate surface area is 224 Å². The van der Waals surface area contributed by atoms with Gasteiger partial charge in [-0.25, -0.2) is 79.0 Å². The summed E-state index contributed by atoms with van der Waals surface area (Å²) in [6.07, 6.45) is -8.79. The largest absolute Gasteiger partial charge is 0.238 e. The van der Waals surface area contributed by atoms with Gasteiger partial charge in [-0.2, -0.15) is 0 Å². The Morgan fingerprint density at radius 1 is 0.372 bits per heavy atom. The Morgan fingerprint density at radius 2 is 0.744 bits per heavy atom. The molecule has 0 saturated carbocycles. The third-order valence-electron chi connectivity index (χ3n) is 6.97. The smallest absolute Gasteiger partial charge is 0.200 e. The summed E-state index contributed by atoms with van der Waals surface area (Å²) in [6.45, 7) is 0. The van der Waals surface area contributed by atoms with E-state index in [1.807, 2.05) is 0 Å². The fraction of sp³-hybridized carbons (Fsp3) is 0.120. The molecule has 43 heavy (non-hydrogen) atoms. The summed E-state index contributed by atoms with van der Waals surface area (Å²) >= 11 is 0. The molecule has 18 heteroatoms. The van der Waals surface area contributed by atoms with Crippen LogP contribution in [0, 0.1) is 69.8 Å². The van der Waals surface area contributed by atoms with E-state index in [1.165, 1.54) is 0 Å². The Kier molecular flexibility index (Phi) is 6.66. The van der Waals surface area contributed by atoms with Crippen LogP contribution in [0.25, 0.3) is 11.1 Å². The number of benzene rings is 3. The highest BCUT2D eigenvalue weighted by Crippen LogP contribution is 2.61. The van der Waals surface area contributed by atoms with E-state index in [9.17, 15) is 52.7 Å². The summed E-state index contributed by atoms with van der Waals surface area (Å²) < 4.78 is 265. The number of hydrogen-bond acceptors (Lipinski definition) is 0. The Bertz CT molecular complexity index is 1840. The van der Waals surface area contributed by atoms with Crippen LogP contribution >= 0.6 is 0 Å². The zero-order valence-electron chi connectivity index (χ0n) is 19.5. The average molecular weight is 644 g/mol. The SMILES string of the molecule is FC1=C(F)C(F)C(c2c(F)c(F)c(F)c(F)c2F)(c2c(F)c(F)c(F)c3c2C(F)c2c(F)c(F)c(F)c(F)c2-3)C(F)=C1F. The summed E-state index contributed by atoms with van der Waals surface area (Å²) in [4.78, 5) is 0. The van der Waals surface area contributed by atoms with Crippen LogP contribution in [-0.4, -0.2) is 6.17 Å². The van der Waals surface area contributed by atoms with E-state index in [0.717, 1.165) is 0 Å². The van der Waals surface area contributed by atoms with Crippen molar-refractivity contribution in [1.29, 1.82) is 0 Å². The third kappa shape index (κ3) is 3.39. The first-order valence-corrected chi connectivity index (χ1v) is 10.9. The first-order chi connectivity index (χ1) is 19.9. The number of rotatable bonds is 2. The van der Waals surface area contributed by atoms with E-state index in [-0.39, 0.29) is 0 Å². The molecular formula is C25H2F18. The molecule has 2 aliphatic carbocycles. The molecule has 0 bridgehead atoms. The summed E-state index contributed by atoms with van der Waals surface area (Å²) in [5, 5.41) is 0. The predicted octanol–water partition coefficient (Wildman–Crippen LogP) is 9.33. The summed E-state index contributed by atoms with van der Waals surface area (Å²) in [5.74, 6) is -50.9. The molecule has 0 saturated heterocycles. The van der Waals surface area contributed by atoms with Gasteiger partial charge in [0, 0.05) is 27.8 Å². The van der Waals surface area contributed by atoms with E-state index in [1.54, 1.807) is 0 Å². The maximum atomic E-state index is 15.7. The summed E-state index contributed by atoms with van der Waals surface area (Å²) in [7, 11) is 0. The highest BCUT2D eigenvalue weighted by molar-refractivity contribution is 5.83. The van der Waals surface area contributed by atoms with E-state index >= 15 is 26.3 Å². The molecule has 228 valence electrons. The van der Waals surface area contributed by atoms with Crippen molar-refractivity contribution in [2.75, 3.05) is 0 Å². The maximum absolute atomic E-state index is 15.7. The van der Waals surface area contributed by atoms with Crippen molar-refractivity contribution in [1.82, 2.24) is 0 Å². The van der Waals surface area contributed by atoms with Crippen molar-refractivity contribution in [2.45, 2.75) is 17.8 Å². The van der Waals surface area contributed by atoms with Gasteiger partial charge in [0.2, 0.25) is 5.82 Å². The van der Waals surface area contributed by atoms with Crippen LogP contribution in [0.2, 0.25) is 0 Å². The van der Waals surface area contributed by atoms with Crippen molar-refractivity contribution >= 4 is 0 Å². The molecule has 3 unspecified atom stereocenters. The number of allylic oxidation sites excluding steroid dienone is 4. The maximum Gasteiger partial charge on any atom is 0.200 e. The van der Waals surface area contributed by atoms with Gasteiger partial charge in [0.25, 0.3) is 0 Å². The molecule has 3 aromatic rings. The minimum atomic E-state index is -5.42. The molecule has 0 aliphatic heterocycles. The molecule has 0 aromatic heterocycles. The molecule has 0 radical (unpaired) electrons. The molecule has 0 heterocycles. The fourth-order valence-corrected chi connectivity index (χ4v) is 5.17. The normalized spacial score (nSPS) is 21.6. The number of hydrogen-bond donors (Lipinski definition) is 0. The van der Waals surface area contributed by atoms with Gasteiger partial charge in [0.1, 0.15) is 5.41 Å². The lowest BCUT2D eigenvalue weighted by atomic mass is 9.64. The monoisotopic (exact) mass is 644 g/mol. The van der Waals surface area contributed by atoms with Crippen LogP contribution in [0.3, 0.4) is 0 Å². The third-order valence-corrected chi connectivity index (χ3v) is 6.97. The van der Waals surface area contributed by atoms with Gasteiger partial charge in [-0.15, -0.1) is 0 Å². The van der Waals surface area contributed by atoms with Crippen LogP contribution < -0.4 is 0 Å². The van der Waals surface area contributed by atoms with Crippen LogP contribution in [0.15, 0.2) is 23.3 Å². The molecule has 5 rings (SSSR count). The lowest BCUT2D eigenvalue weighted by molar-refractivity contribution is 0.179. The fourth-order valence-electron chi connectivity index (χ4n) is 5.17. The molecular weight excluding hydrogens is 642 g/mol. The Morgan fingerprint density at radius 3 is 1.26 bits per heavy atom. The molecule has 0 amide bonds. The van der Waals surface area contributed by atoms with E-state index < -0.39 is 144 Å². The van der Waals surface area contributed by atoms with E-state index in [2.05, 4.69) is 0 Å². The molecule has 0 spiro atoms. The van der Waals surface area contributed by atoms with Crippen LogP contribution in [0.1, 0.15) is 28.4 Å². The Balaban J connectivity index is 2.13. The van der Waals surface area contributed by atoms with Crippen LogP contribution in [0.4, 0.5) is 79.0 Å². The Hall–Kier alpha value is -4.12. The molecule has 3 aromatic carbocycles. The lowest BCUT2D eigenvalue weighted by Gasteiger charge is -2.40. The minimum Gasteiger partial charge on any atom is -0.238 e. The van der Waals surface area contributed by atoms with Gasteiger partial charge in [-0.05, 0) is 0 Å². The molecule has 0 fully saturated rings. The zero-order valence-corrected chi connectivity index (χ0v) is 19.5. The van der Waals surface area contributed by atoms with Crippen LogP contribution in [0.5, 0.6) is 0 Å². The number of fused-ring (bicyclic) bond motifs is 3. The second kappa shape index (κ2) is 9.44. The van der Waals surface area contributed by atoms with Gasteiger partial charge in [0.05, 0.1) is 5.56 Å². The first kappa shape index (κ1) is 30.3. The van der Waals surface area contributed by atoms with Crippen molar-refractivity contribution in [3.63, 3.8) is 0 Å². The van der Waals surface area contributed by atoms with Crippen LogP contribution in [-0.2, 0) is 5.41 Å². The molecule has 2 aliphatic rings. The standard InChI is InChI=1S/C25H2F18/c26-7-3-1(2-4(7)10(29)16(35)15(34)9(2)28)8(27)14(33)11(30)5(3)25(23(42)21(40)20(39)22(41)24(25)43)6-12(31)17(36)19(38)18(37)13(6)32/h7,23H. The zero-order chi connectivity index (χ0) is 32.4. The van der Waals surface area contributed by atoms with E-state index in [4.69, 9.17) is 0 Å². The van der Waals surface area contributed by atoms with Gasteiger partial charge < -0.3 is 0 Å². The molecule has 3 atom stereocenters. The van der Waals surface area contributed by atoms with Gasteiger partial charge in [-0.1, -0.05) is 0 Å². The van der Waals surface area contributed by atoms with Gasteiger partial charge in [-0.3, -0.25) is 0 Å².